The summed E-state index contributed by atoms with van der Waals surface area (Å²) in [6, 6.07) is 12.1. The fourth-order valence-electron chi connectivity index (χ4n) is 7.36. The first-order valence-corrected chi connectivity index (χ1v) is 15.3. The lowest BCUT2D eigenvalue weighted by molar-refractivity contribution is -0.136. The van der Waals surface area contributed by atoms with Crippen molar-refractivity contribution in [3.05, 3.63) is 59.3 Å². The van der Waals surface area contributed by atoms with Gasteiger partial charge in [0.15, 0.2) is 0 Å². The standard InChI is InChI=1S/C32H34N6O5/c39-29-8-7-28(30(40)35-29)37-15-21-12-24(4-5-26(21)31(37)41)43-25-9-10-36(16-25)14-19-1-6-27-20(11-19)13-33-32(34-27)38-22-2-3-23(38)18-42-17-22/h1,4-6,11-13,22-23,25,28H,2-3,7-10,14-18H2,(H,35,39,40)/t22-,23+,25?,28?. The third kappa shape index (κ3) is 4.90. The quantitative estimate of drug-likeness (QED) is 0.438. The highest BCUT2D eigenvalue weighted by atomic mass is 16.5. The molecule has 0 saturated carbocycles. The lowest BCUT2D eigenvalue weighted by atomic mass is 10.0. The molecular weight excluding hydrogens is 548 g/mol. The second kappa shape index (κ2) is 10.6. The summed E-state index contributed by atoms with van der Waals surface area (Å²) in [5.74, 6) is 0.688. The van der Waals surface area contributed by atoms with Crippen molar-refractivity contribution in [3.8, 4) is 5.75 Å². The summed E-state index contributed by atoms with van der Waals surface area (Å²) < 4.78 is 12.1. The SMILES string of the molecule is O=C1CCC(N2Cc3cc(OC4CCN(Cc5ccc6nc(N7[C@@H]8CC[C@H]7COC8)ncc6c5)C4)ccc3C2=O)C(=O)N1. The van der Waals surface area contributed by atoms with Crippen molar-refractivity contribution in [1.29, 1.82) is 0 Å². The molecule has 1 N–H and O–H groups in total. The number of nitrogens with one attached hydrogen (secondary N) is 1. The number of likely N-dealkylation sites (tertiary alicyclic amines) is 1. The van der Waals surface area contributed by atoms with E-state index in [4.69, 9.17) is 19.4 Å². The van der Waals surface area contributed by atoms with E-state index >= 15 is 0 Å². The largest absolute Gasteiger partial charge is 0.489 e. The van der Waals surface area contributed by atoms with Gasteiger partial charge in [0.2, 0.25) is 17.8 Å². The Morgan fingerprint density at radius 1 is 1.00 bits per heavy atom. The van der Waals surface area contributed by atoms with Gasteiger partial charge >= 0.3 is 0 Å². The number of carbonyl (C=O) groups excluding carboxylic acids is 3. The first kappa shape index (κ1) is 26.5. The Hall–Kier alpha value is -4.09. The number of anilines is 1. The van der Waals surface area contributed by atoms with Gasteiger partial charge in [-0.25, -0.2) is 9.97 Å². The molecule has 5 aliphatic rings. The highest BCUT2D eigenvalue weighted by Gasteiger charge is 2.40. The maximum absolute atomic E-state index is 13.0. The van der Waals surface area contributed by atoms with E-state index in [0.717, 1.165) is 80.3 Å². The molecule has 2 aromatic carbocycles. The third-order valence-electron chi connectivity index (χ3n) is 9.54. The molecule has 0 radical (unpaired) electrons. The molecule has 0 aliphatic carbocycles. The van der Waals surface area contributed by atoms with Crippen LogP contribution in [-0.4, -0.2) is 88.0 Å². The molecule has 2 unspecified atom stereocenters. The number of rotatable bonds is 6. The first-order valence-electron chi connectivity index (χ1n) is 15.3. The van der Waals surface area contributed by atoms with Crippen molar-refractivity contribution >= 4 is 34.6 Å². The minimum atomic E-state index is -0.617. The fraction of sp³-hybridized carbons (Fsp3) is 0.469. The Morgan fingerprint density at radius 2 is 1.86 bits per heavy atom. The van der Waals surface area contributed by atoms with Crippen LogP contribution in [0.1, 0.15) is 53.6 Å². The second-order valence-electron chi connectivity index (χ2n) is 12.4. The van der Waals surface area contributed by atoms with E-state index in [-0.39, 0.29) is 24.3 Å². The lowest BCUT2D eigenvalue weighted by Gasteiger charge is -2.34. The minimum absolute atomic E-state index is 0.0524. The van der Waals surface area contributed by atoms with E-state index < -0.39 is 11.9 Å². The summed E-state index contributed by atoms with van der Waals surface area (Å²) in [7, 11) is 0. The average Bonchev–Trinajstić information content (AvgIpc) is 3.65. The van der Waals surface area contributed by atoms with Crippen molar-refractivity contribution in [2.24, 2.45) is 0 Å². The van der Waals surface area contributed by atoms with Gasteiger partial charge < -0.3 is 19.3 Å². The number of amides is 3. The van der Waals surface area contributed by atoms with Crippen LogP contribution < -0.4 is 15.0 Å². The molecule has 222 valence electrons. The molecule has 11 nitrogen and oxygen atoms in total. The summed E-state index contributed by atoms with van der Waals surface area (Å²) in [6.07, 6.45) is 5.80. The van der Waals surface area contributed by atoms with Gasteiger partial charge in [0.1, 0.15) is 17.9 Å². The molecule has 43 heavy (non-hydrogen) atoms. The van der Waals surface area contributed by atoms with Crippen LogP contribution in [0.2, 0.25) is 0 Å². The van der Waals surface area contributed by atoms with Gasteiger partial charge in [-0.3, -0.25) is 24.6 Å². The fourth-order valence-corrected chi connectivity index (χ4v) is 7.36. The molecule has 2 bridgehead atoms. The van der Waals surface area contributed by atoms with Crippen molar-refractivity contribution in [2.75, 3.05) is 31.2 Å². The van der Waals surface area contributed by atoms with E-state index in [1.54, 1.807) is 11.0 Å². The molecule has 4 atom stereocenters. The number of nitrogens with zero attached hydrogens (tertiary/aromatic N) is 5. The van der Waals surface area contributed by atoms with Gasteiger partial charge in [-0.1, -0.05) is 6.07 Å². The van der Waals surface area contributed by atoms with E-state index in [9.17, 15) is 14.4 Å². The zero-order valence-electron chi connectivity index (χ0n) is 23.9. The molecule has 4 fully saturated rings. The highest BCUT2D eigenvalue weighted by Crippen LogP contribution is 2.33. The first-order chi connectivity index (χ1) is 21.0. The van der Waals surface area contributed by atoms with Crippen LogP contribution in [0.3, 0.4) is 0 Å². The number of benzene rings is 2. The number of hydrogen-bond donors (Lipinski definition) is 1. The third-order valence-corrected chi connectivity index (χ3v) is 9.54. The average molecular weight is 583 g/mol. The van der Waals surface area contributed by atoms with Gasteiger partial charge in [0.25, 0.3) is 5.91 Å². The Morgan fingerprint density at radius 3 is 2.70 bits per heavy atom. The number of hydrogen-bond acceptors (Lipinski definition) is 9. The van der Waals surface area contributed by atoms with Crippen molar-refractivity contribution in [2.45, 2.75) is 69.4 Å². The van der Waals surface area contributed by atoms with Gasteiger partial charge in [0, 0.05) is 49.7 Å². The smallest absolute Gasteiger partial charge is 0.255 e. The Balaban J connectivity index is 0.889. The number of piperidine rings is 1. The minimum Gasteiger partial charge on any atom is -0.489 e. The van der Waals surface area contributed by atoms with Crippen molar-refractivity contribution in [1.82, 2.24) is 25.1 Å². The second-order valence-corrected chi connectivity index (χ2v) is 12.4. The Bertz CT molecular complexity index is 1610. The van der Waals surface area contributed by atoms with Crippen LogP contribution >= 0.6 is 0 Å². The lowest BCUT2D eigenvalue weighted by Crippen LogP contribution is -2.52. The molecule has 3 amide bonds. The number of fused-ring (bicyclic) bond motifs is 4. The number of carbonyl (C=O) groups is 3. The van der Waals surface area contributed by atoms with E-state index in [1.165, 1.54) is 5.56 Å². The predicted octanol–water partition coefficient (Wildman–Crippen LogP) is 2.41. The van der Waals surface area contributed by atoms with Crippen molar-refractivity contribution < 1.29 is 23.9 Å². The molecule has 5 aliphatic heterocycles. The monoisotopic (exact) mass is 582 g/mol. The molecule has 6 heterocycles. The zero-order valence-corrected chi connectivity index (χ0v) is 23.9. The maximum atomic E-state index is 13.0. The van der Waals surface area contributed by atoms with E-state index in [0.29, 0.717) is 30.6 Å². The normalized spacial score (nSPS) is 27.2. The van der Waals surface area contributed by atoms with Crippen LogP contribution in [-0.2, 0) is 27.4 Å². The Kier molecular flexibility index (Phi) is 6.52. The van der Waals surface area contributed by atoms with Gasteiger partial charge in [-0.15, -0.1) is 0 Å². The highest BCUT2D eigenvalue weighted by molar-refractivity contribution is 6.05. The van der Waals surface area contributed by atoms with E-state index in [1.807, 2.05) is 18.3 Å². The number of ether oxygens (including phenoxy) is 2. The molecule has 11 heteroatoms. The summed E-state index contributed by atoms with van der Waals surface area (Å²) in [6.45, 7) is 4.43. The van der Waals surface area contributed by atoms with Crippen LogP contribution in [0.25, 0.3) is 10.9 Å². The molecule has 4 saturated heterocycles. The molecule has 8 rings (SSSR count). The predicted molar refractivity (Wildman–Crippen MR) is 156 cm³/mol. The van der Waals surface area contributed by atoms with Crippen LogP contribution in [0, 0.1) is 0 Å². The molecule has 1 aromatic heterocycles. The zero-order chi connectivity index (χ0) is 29.1. The summed E-state index contributed by atoms with van der Waals surface area (Å²) in [4.78, 5) is 52.8. The Labute approximate surface area is 249 Å². The molecule has 0 spiro atoms. The van der Waals surface area contributed by atoms with Crippen molar-refractivity contribution in [3.63, 3.8) is 0 Å². The number of aromatic nitrogens is 2. The summed E-state index contributed by atoms with van der Waals surface area (Å²) in [5.41, 5.74) is 3.63. The van der Waals surface area contributed by atoms with Crippen LogP contribution in [0.15, 0.2) is 42.6 Å². The number of morpholine rings is 1. The molecular formula is C32H34N6O5. The van der Waals surface area contributed by atoms with Crippen LogP contribution in [0.5, 0.6) is 5.75 Å². The van der Waals surface area contributed by atoms with E-state index in [2.05, 4.69) is 33.3 Å². The van der Waals surface area contributed by atoms with Crippen LogP contribution in [0.4, 0.5) is 5.95 Å². The molecule has 3 aromatic rings. The summed E-state index contributed by atoms with van der Waals surface area (Å²) >= 11 is 0. The number of imide groups is 1. The topological polar surface area (TPSA) is 117 Å². The van der Waals surface area contributed by atoms with Gasteiger partial charge in [-0.05, 0) is 67.1 Å². The summed E-state index contributed by atoms with van der Waals surface area (Å²) in [5, 5.41) is 3.40. The van der Waals surface area contributed by atoms with Gasteiger partial charge in [-0.2, -0.15) is 0 Å². The van der Waals surface area contributed by atoms with Gasteiger partial charge in [0.05, 0.1) is 30.8 Å². The maximum Gasteiger partial charge on any atom is 0.255 e.